The number of carbonyl (C=O) groups is 1. The number of H-pyrrole nitrogens is 1. The normalized spacial score (nSPS) is 12.6. The summed E-state index contributed by atoms with van der Waals surface area (Å²) in [5.41, 5.74) is 0.252. The molecule has 170 valence electrons. The van der Waals surface area contributed by atoms with Crippen molar-refractivity contribution in [2.45, 2.75) is 23.5 Å². The maximum atomic E-state index is 13.0. The van der Waals surface area contributed by atoms with E-state index in [1.54, 1.807) is 6.92 Å². The van der Waals surface area contributed by atoms with Gasteiger partial charge < -0.3 is 10.3 Å². The van der Waals surface area contributed by atoms with Crippen LogP contribution in [0.4, 0.5) is 18.9 Å². The summed E-state index contributed by atoms with van der Waals surface area (Å²) >= 11 is 8.24. The van der Waals surface area contributed by atoms with Gasteiger partial charge in [0, 0.05) is 10.9 Å². The highest BCUT2D eigenvalue weighted by Crippen LogP contribution is 2.35. The molecule has 2 heterocycles. The van der Waals surface area contributed by atoms with Crippen molar-refractivity contribution in [2.24, 2.45) is 0 Å². The molecule has 2 aromatic heterocycles. The van der Waals surface area contributed by atoms with Crippen molar-refractivity contribution in [1.82, 2.24) is 9.97 Å². The molecule has 33 heavy (non-hydrogen) atoms. The Morgan fingerprint density at radius 1 is 1.21 bits per heavy atom. The summed E-state index contributed by atoms with van der Waals surface area (Å²) in [7, 11) is 0. The average molecular weight is 510 g/mol. The zero-order chi connectivity index (χ0) is 23.8. The number of carbonyl (C=O) groups excluding carboxylic acids is 1. The standard InChI is InChI=1S/C22H15ClF3N3O2S2/c1-11(18(30)27-16-9-13(22(24,25)26)7-8-15(16)23)33-21-28-19(31)17-14(10-32-20(17)29-21)12-5-3-2-4-6-12/h2-11H,1H3,(H,27,30)(H,28,29,31). The maximum absolute atomic E-state index is 13.0. The summed E-state index contributed by atoms with van der Waals surface area (Å²) in [6, 6.07) is 12.1. The molecule has 0 aliphatic carbocycles. The average Bonchev–Trinajstić information content (AvgIpc) is 3.19. The van der Waals surface area contributed by atoms with Crippen LogP contribution >= 0.6 is 34.7 Å². The molecule has 0 aliphatic rings. The molecule has 4 aromatic rings. The van der Waals surface area contributed by atoms with Gasteiger partial charge >= 0.3 is 6.18 Å². The zero-order valence-corrected chi connectivity index (χ0v) is 19.3. The molecule has 0 saturated carbocycles. The number of thiophene rings is 1. The first-order valence-electron chi connectivity index (χ1n) is 9.54. The lowest BCUT2D eigenvalue weighted by Crippen LogP contribution is -2.23. The summed E-state index contributed by atoms with van der Waals surface area (Å²) in [4.78, 5) is 33.0. The summed E-state index contributed by atoms with van der Waals surface area (Å²) in [6.45, 7) is 1.55. The van der Waals surface area contributed by atoms with Crippen LogP contribution in [0.25, 0.3) is 21.3 Å². The highest BCUT2D eigenvalue weighted by atomic mass is 35.5. The third kappa shape index (κ3) is 5.07. The number of rotatable bonds is 5. The van der Waals surface area contributed by atoms with Gasteiger partial charge in [-0.25, -0.2) is 4.98 Å². The minimum absolute atomic E-state index is 0.0199. The Morgan fingerprint density at radius 2 is 1.94 bits per heavy atom. The Labute approximate surface area is 199 Å². The topological polar surface area (TPSA) is 74.8 Å². The Kier molecular flexibility index (Phi) is 6.51. The number of aromatic nitrogens is 2. The van der Waals surface area contributed by atoms with Crippen LogP contribution in [0.15, 0.2) is 63.9 Å². The molecule has 0 bridgehead atoms. The summed E-state index contributed by atoms with van der Waals surface area (Å²) in [5, 5.41) is 4.16. The van der Waals surface area contributed by atoms with Crippen molar-refractivity contribution in [2.75, 3.05) is 5.32 Å². The first-order valence-corrected chi connectivity index (χ1v) is 11.7. The van der Waals surface area contributed by atoms with E-state index < -0.39 is 22.9 Å². The molecular weight excluding hydrogens is 495 g/mol. The number of thioether (sulfide) groups is 1. The number of alkyl halides is 3. The van der Waals surface area contributed by atoms with Crippen LogP contribution in [-0.2, 0) is 11.0 Å². The van der Waals surface area contributed by atoms with Gasteiger partial charge in [0.25, 0.3) is 5.56 Å². The van der Waals surface area contributed by atoms with Crippen LogP contribution in [0.1, 0.15) is 12.5 Å². The smallest absolute Gasteiger partial charge is 0.324 e. The monoisotopic (exact) mass is 509 g/mol. The number of halogens is 4. The molecule has 4 rings (SSSR count). The lowest BCUT2D eigenvalue weighted by Gasteiger charge is -2.14. The summed E-state index contributed by atoms with van der Waals surface area (Å²) in [6.07, 6.45) is -4.57. The van der Waals surface area contributed by atoms with E-state index in [9.17, 15) is 22.8 Å². The predicted octanol–water partition coefficient (Wildman–Crippen LogP) is 6.44. The highest BCUT2D eigenvalue weighted by molar-refractivity contribution is 8.00. The van der Waals surface area contributed by atoms with Gasteiger partial charge in [0.1, 0.15) is 4.83 Å². The number of anilines is 1. The zero-order valence-electron chi connectivity index (χ0n) is 16.9. The lowest BCUT2D eigenvalue weighted by atomic mass is 10.1. The van der Waals surface area contributed by atoms with Gasteiger partial charge in [0.05, 0.1) is 26.9 Å². The van der Waals surface area contributed by atoms with Crippen molar-refractivity contribution in [3.8, 4) is 11.1 Å². The maximum Gasteiger partial charge on any atom is 0.416 e. The van der Waals surface area contributed by atoms with Crippen LogP contribution in [0.3, 0.4) is 0 Å². The van der Waals surface area contributed by atoms with Crippen LogP contribution in [0.2, 0.25) is 5.02 Å². The quantitative estimate of drug-likeness (QED) is 0.240. The molecule has 0 spiro atoms. The van der Waals surface area contributed by atoms with Gasteiger partial charge in [-0.15, -0.1) is 11.3 Å². The lowest BCUT2D eigenvalue weighted by molar-refractivity contribution is -0.137. The molecule has 11 heteroatoms. The molecule has 0 aliphatic heterocycles. The largest absolute Gasteiger partial charge is 0.416 e. The number of hydrogen-bond donors (Lipinski definition) is 2. The van der Waals surface area contributed by atoms with Crippen LogP contribution in [0.5, 0.6) is 0 Å². The number of fused-ring (bicyclic) bond motifs is 1. The van der Waals surface area contributed by atoms with Gasteiger partial charge in [-0.05, 0) is 30.7 Å². The van der Waals surface area contributed by atoms with Gasteiger partial charge in [0.2, 0.25) is 5.91 Å². The molecule has 1 amide bonds. The van der Waals surface area contributed by atoms with E-state index in [1.165, 1.54) is 11.3 Å². The Morgan fingerprint density at radius 3 is 2.64 bits per heavy atom. The van der Waals surface area contributed by atoms with E-state index in [1.807, 2.05) is 35.7 Å². The highest BCUT2D eigenvalue weighted by Gasteiger charge is 2.31. The van der Waals surface area contributed by atoms with Crippen LogP contribution in [0, 0.1) is 0 Å². The minimum Gasteiger partial charge on any atom is -0.324 e. The van der Waals surface area contributed by atoms with E-state index >= 15 is 0 Å². The first kappa shape index (κ1) is 23.3. The predicted molar refractivity (Wildman–Crippen MR) is 126 cm³/mol. The Bertz CT molecular complexity index is 1390. The first-order chi connectivity index (χ1) is 15.6. The van der Waals surface area contributed by atoms with Crippen LogP contribution in [-0.4, -0.2) is 21.1 Å². The number of nitrogens with one attached hydrogen (secondary N) is 2. The second-order valence-corrected chi connectivity index (χ2v) is 9.60. The second-order valence-electron chi connectivity index (χ2n) is 7.01. The molecule has 0 saturated heterocycles. The number of benzene rings is 2. The number of amides is 1. The molecule has 2 N–H and O–H groups in total. The fourth-order valence-corrected chi connectivity index (χ4v) is 5.03. The fourth-order valence-electron chi connectivity index (χ4n) is 3.07. The van der Waals surface area contributed by atoms with E-state index in [4.69, 9.17) is 11.6 Å². The van der Waals surface area contributed by atoms with Crippen molar-refractivity contribution >= 4 is 56.5 Å². The SMILES string of the molecule is CC(Sc1nc2scc(-c3ccccc3)c2c(=O)[nH]1)C(=O)Nc1cc(C(F)(F)F)ccc1Cl. The van der Waals surface area contributed by atoms with Crippen LogP contribution < -0.4 is 10.9 Å². The molecule has 0 radical (unpaired) electrons. The van der Waals surface area contributed by atoms with Crippen molar-refractivity contribution in [1.29, 1.82) is 0 Å². The van der Waals surface area contributed by atoms with Gasteiger partial charge in [-0.3, -0.25) is 9.59 Å². The molecule has 0 fully saturated rings. The van der Waals surface area contributed by atoms with Gasteiger partial charge in [-0.1, -0.05) is 53.7 Å². The molecular formula is C22H15ClF3N3O2S2. The fraction of sp³-hybridized carbons (Fsp3) is 0.136. The third-order valence-corrected chi connectivity index (χ3v) is 6.90. The third-order valence-electron chi connectivity index (χ3n) is 4.72. The molecule has 5 nitrogen and oxygen atoms in total. The Balaban J connectivity index is 1.54. The number of hydrogen-bond acceptors (Lipinski definition) is 5. The molecule has 2 aromatic carbocycles. The Hall–Kier alpha value is -2.82. The van der Waals surface area contributed by atoms with Crippen molar-refractivity contribution in [3.05, 3.63) is 74.9 Å². The summed E-state index contributed by atoms with van der Waals surface area (Å²) < 4.78 is 38.9. The summed E-state index contributed by atoms with van der Waals surface area (Å²) in [5.74, 6) is -0.583. The second kappa shape index (κ2) is 9.20. The van der Waals surface area contributed by atoms with Crippen molar-refractivity contribution < 1.29 is 18.0 Å². The van der Waals surface area contributed by atoms with E-state index in [2.05, 4.69) is 15.3 Å². The minimum atomic E-state index is -4.57. The number of nitrogens with zero attached hydrogens (tertiary/aromatic N) is 1. The van der Waals surface area contributed by atoms with E-state index in [-0.39, 0.29) is 21.4 Å². The van der Waals surface area contributed by atoms with Gasteiger partial charge in [-0.2, -0.15) is 13.2 Å². The number of aromatic amines is 1. The van der Waals surface area contributed by atoms with Gasteiger partial charge in [0.15, 0.2) is 5.16 Å². The molecule has 1 unspecified atom stereocenters. The van der Waals surface area contributed by atoms with Crippen molar-refractivity contribution in [3.63, 3.8) is 0 Å². The van der Waals surface area contributed by atoms with E-state index in [0.29, 0.717) is 10.2 Å². The molecule has 1 atom stereocenters. The van der Waals surface area contributed by atoms with E-state index in [0.717, 1.165) is 41.1 Å².